The van der Waals surface area contributed by atoms with Crippen molar-refractivity contribution in [1.29, 1.82) is 5.26 Å². The lowest BCUT2D eigenvalue weighted by Gasteiger charge is -2.14. The third-order valence-corrected chi connectivity index (χ3v) is 8.34. The van der Waals surface area contributed by atoms with Crippen molar-refractivity contribution in [3.63, 3.8) is 0 Å². The summed E-state index contributed by atoms with van der Waals surface area (Å²) in [5, 5.41) is 13.2. The van der Waals surface area contributed by atoms with Gasteiger partial charge in [0.1, 0.15) is 5.65 Å². The standard InChI is InChI=1S/C38H23N3O/c1-23-10-8-9-15-28(23)29-18-19-30-35-31(17-16-26(22-39)34(29)35)38(42)41-33-21-27(24-11-4-2-5-12-24)20-32(36(33)40-37(30)41)25-13-6-3-7-14-25/h2-21H,1H3. The Labute approximate surface area is 241 Å². The Hall–Kier alpha value is -5.79. The number of imidazole rings is 1. The molecule has 0 bridgehead atoms. The van der Waals surface area contributed by atoms with Crippen molar-refractivity contribution in [3.8, 4) is 39.4 Å². The number of aryl methyl sites for hydroxylation is 1. The number of nitriles is 1. The predicted octanol–water partition coefficient (Wildman–Crippen LogP) is 8.77. The lowest BCUT2D eigenvalue weighted by molar-refractivity contribution is 1.19. The van der Waals surface area contributed by atoms with Crippen LogP contribution in [0.2, 0.25) is 0 Å². The van der Waals surface area contributed by atoms with Gasteiger partial charge in [-0.3, -0.25) is 9.20 Å². The zero-order valence-corrected chi connectivity index (χ0v) is 22.8. The molecule has 2 heterocycles. The second-order valence-corrected chi connectivity index (χ2v) is 10.7. The van der Waals surface area contributed by atoms with Gasteiger partial charge in [-0.1, -0.05) is 91.0 Å². The Morgan fingerprint density at radius 2 is 1.33 bits per heavy atom. The van der Waals surface area contributed by atoms with Crippen LogP contribution in [0.25, 0.3) is 71.6 Å². The van der Waals surface area contributed by atoms with E-state index in [9.17, 15) is 10.1 Å². The van der Waals surface area contributed by atoms with Crippen LogP contribution in [-0.2, 0) is 0 Å². The molecule has 0 saturated carbocycles. The van der Waals surface area contributed by atoms with Crippen LogP contribution in [0.15, 0.2) is 126 Å². The van der Waals surface area contributed by atoms with E-state index in [0.717, 1.165) is 66.1 Å². The summed E-state index contributed by atoms with van der Waals surface area (Å²) < 4.78 is 1.75. The molecule has 0 radical (unpaired) electrons. The van der Waals surface area contributed by atoms with Crippen molar-refractivity contribution >= 4 is 38.2 Å². The first-order valence-electron chi connectivity index (χ1n) is 13.9. The fraction of sp³-hybridized carbons (Fsp3) is 0.0263. The first kappa shape index (κ1) is 24.0. The van der Waals surface area contributed by atoms with Crippen molar-refractivity contribution in [2.45, 2.75) is 6.92 Å². The molecule has 8 rings (SSSR count). The molecule has 6 aromatic carbocycles. The number of benzene rings is 6. The van der Waals surface area contributed by atoms with Crippen molar-refractivity contribution in [1.82, 2.24) is 9.38 Å². The number of nitrogens with zero attached hydrogens (tertiary/aromatic N) is 3. The van der Waals surface area contributed by atoms with Crippen molar-refractivity contribution in [3.05, 3.63) is 143 Å². The molecule has 0 N–H and O–H groups in total. The summed E-state index contributed by atoms with van der Waals surface area (Å²) in [5.74, 6) is 0. The maximum Gasteiger partial charge on any atom is 0.264 e. The number of fused-ring (bicyclic) bond motifs is 4. The maximum absolute atomic E-state index is 14.4. The molecule has 0 atom stereocenters. The number of rotatable bonds is 3. The highest BCUT2D eigenvalue weighted by atomic mass is 16.1. The third-order valence-electron chi connectivity index (χ3n) is 8.34. The summed E-state index contributed by atoms with van der Waals surface area (Å²) in [4.78, 5) is 19.6. The van der Waals surface area contributed by atoms with Gasteiger partial charge in [0.25, 0.3) is 5.56 Å². The molecule has 0 amide bonds. The van der Waals surface area contributed by atoms with E-state index in [2.05, 4.69) is 73.7 Å². The molecular weight excluding hydrogens is 514 g/mol. The largest absolute Gasteiger partial charge is 0.268 e. The fourth-order valence-electron chi connectivity index (χ4n) is 6.37. The fourth-order valence-corrected chi connectivity index (χ4v) is 6.37. The average molecular weight is 538 g/mol. The van der Waals surface area contributed by atoms with Gasteiger partial charge in [0.15, 0.2) is 0 Å². The Morgan fingerprint density at radius 1 is 0.643 bits per heavy atom. The Kier molecular flexibility index (Phi) is 5.22. The molecule has 0 unspecified atom stereocenters. The lowest BCUT2D eigenvalue weighted by atomic mass is 9.89. The van der Waals surface area contributed by atoms with Gasteiger partial charge in [0, 0.05) is 27.1 Å². The van der Waals surface area contributed by atoms with Gasteiger partial charge in [-0.05, 0) is 70.6 Å². The molecule has 0 aliphatic carbocycles. The monoisotopic (exact) mass is 537 g/mol. The van der Waals surface area contributed by atoms with Crippen LogP contribution in [0.5, 0.6) is 0 Å². The molecule has 8 aromatic rings. The van der Waals surface area contributed by atoms with Gasteiger partial charge in [-0.25, -0.2) is 4.98 Å². The van der Waals surface area contributed by atoms with E-state index in [0.29, 0.717) is 16.6 Å². The summed E-state index contributed by atoms with van der Waals surface area (Å²) in [6, 6.07) is 42.8. The third kappa shape index (κ3) is 3.41. The quantitative estimate of drug-likeness (QED) is 0.226. The molecule has 4 heteroatoms. The summed E-state index contributed by atoms with van der Waals surface area (Å²) in [6.07, 6.45) is 0. The second-order valence-electron chi connectivity index (χ2n) is 10.7. The van der Waals surface area contributed by atoms with Gasteiger partial charge in [0.05, 0.1) is 22.7 Å². The van der Waals surface area contributed by atoms with Gasteiger partial charge in [-0.2, -0.15) is 5.26 Å². The summed E-state index contributed by atoms with van der Waals surface area (Å²) in [6.45, 7) is 2.07. The van der Waals surface area contributed by atoms with Gasteiger partial charge >= 0.3 is 0 Å². The Balaban J connectivity index is 1.56. The van der Waals surface area contributed by atoms with E-state index < -0.39 is 0 Å². The molecule has 0 spiro atoms. The van der Waals surface area contributed by atoms with Crippen LogP contribution in [0.1, 0.15) is 11.1 Å². The molecular formula is C38H23N3O. The highest BCUT2D eigenvalue weighted by Crippen LogP contribution is 2.40. The van der Waals surface area contributed by atoms with Crippen LogP contribution in [0.3, 0.4) is 0 Å². The maximum atomic E-state index is 14.4. The van der Waals surface area contributed by atoms with E-state index in [1.807, 2.05) is 48.5 Å². The first-order valence-corrected chi connectivity index (χ1v) is 13.9. The number of hydrogen-bond acceptors (Lipinski definition) is 3. The number of hydrogen-bond donors (Lipinski definition) is 0. The summed E-state index contributed by atoms with van der Waals surface area (Å²) in [5.41, 5.74) is 9.73. The number of aromatic nitrogens is 2. The van der Waals surface area contributed by atoms with Gasteiger partial charge in [0.2, 0.25) is 0 Å². The molecule has 42 heavy (non-hydrogen) atoms. The highest BCUT2D eigenvalue weighted by molar-refractivity contribution is 6.21. The van der Waals surface area contributed by atoms with Crippen LogP contribution in [0.4, 0.5) is 0 Å². The molecule has 196 valence electrons. The Bertz CT molecular complexity index is 2440. The van der Waals surface area contributed by atoms with Crippen molar-refractivity contribution in [2.75, 3.05) is 0 Å². The summed E-state index contributed by atoms with van der Waals surface area (Å²) >= 11 is 0. The molecule has 0 saturated heterocycles. The molecule has 0 aliphatic rings. The molecule has 4 nitrogen and oxygen atoms in total. The zero-order valence-electron chi connectivity index (χ0n) is 22.8. The SMILES string of the molecule is Cc1ccccc1-c1ccc2c3c1c(C#N)ccc3c(=O)n1c3cc(-c4ccccc4)cc(-c4ccccc4)c3nc21. The van der Waals surface area contributed by atoms with Crippen LogP contribution < -0.4 is 5.56 Å². The van der Waals surface area contributed by atoms with Crippen LogP contribution in [-0.4, -0.2) is 9.38 Å². The van der Waals surface area contributed by atoms with Gasteiger partial charge < -0.3 is 0 Å². The van der Waals surface area contributed by atoms with E-state index in [1.54, 1.807) is 16.5 Å². The predicted molar refractivity (Wildman–Crippen MR) is 171 cm³/mol. The topological polar surface area (TPSA) is 58.2 Å². The number of pyridine rings is 1. The smallest absolute Gasteiger partial charge is 0.264 e. The molecule has 0 aliphatic heterocycles. The average Bonchev–Trinajstić information content (AvgIpc) is 3.44. The minimum absolute atomic E-state index is 0.138. The minimum Gasteiger partial charge on any atom is -0.268 e. The van der Waals surface area contributed by atoms with E-state index in [1.165, 1.54) is 0 Å². The minimum atomic E-state index is -0.138. The van der Waals surface area contributed by atoms with Crippen LogP contribution >= 0.6 is 0 Å². The normalized spacial score (nSPS) is 11.5. The highest BCUT2D eigenvalue weighted by Gasteiger charge is 2.22. The lowest BCUT2D eigenvalue weighted by Crippen LogP contribution is -2.13. The van der Waals surface area contributed by atoms with E-state index >= 15 is 0 Å². The zero-order chi connectivity index (χ0) is 28.4. The van der Waals surface area contributed by atoms with E-state index in [-0.39, 0.29) is 5.56 Å². The van der Waals surface area contributed by atoms with Crippen molar-refractivity contribution in [2.24, 2.45) is 0 Å². The van der Waals surface area contributed by atoms with Crippen molar-refractivity contribution < 1.29 is 0 Å². The second kappa shape index (κ2) is 9.12. The van der Waals surface area contributed by atoms with E-state index in [4.69, 9.17) is 4.98 Å². The first-order chi connectivity index (χ1) is 20.6. The summed E-state index contributed by atoms with van der Waals surface area (Å²) in [7, 11) is 0. The van der Waals surface area contributed by atoms with Gasteiger partial charge in [-0.15, -0.1) is 0 Å². The Morgan fingerprint density at radius 3 is 2.07 bits per heavy atom. The van der Waals surface area contributed by atoms with Crippen LogP contribution in [0, 0.1) is 18.3 Å². The molecule has 2 aromatic heterocycles. The molecule has 0 fully saturated rings.